The monoisotopic (exact) mass is 221 g/mol. The van der Waals surface area contributed by atoms with Crippen molar-refractivity contribution in [1.82, 2.24) is 5.32 Å². The van der Waals surface area contributed by atoms with E-state index in [1.54, 1.807) is 7.11 Å². The second-order valence-corrected chi connectivity index (χ2v) is 4.20. The van der Waals surface area contributed by atoms with E-state index in [1.165, 1.54) is 5.56 Å². The molecule has 0 saturated carbocycles. The summed E-state index contributed by atoms with van der Waals surface area (Å²) in [5.74, 6) is 1.50. The Hall–Kier alpha value is -1.06. The van der Waals surface area contributed by atoms with Crippen LogP contribution in [0.3, 0.4) is 0 Å². The van der Waals surface area contributed by atoms with E-state index in [-0.39, 0.29) is 0 Å². The van der Waals surface area contributed by atoms with Crippen molar-refractivity contribution in [3.05, 3.63) is 29.8 Å². The summed E-state index contributed by atoms with van der Waals surface area (Å²) in [6.45, 7) is 3.71. The number of nitrogens with one attached hydrogen (secondary N) is 1. The fourth-order valence-corrected chi connectivity index (χ4v) is 1.99. The Labute approximate surface area is 96.8 Å². The first kappa shape index (κ1) is 11.4. The summed E-state index contributed by atoms with van der Waals surface area (Å²) in [4.78, 5) is 0. The van der Waals surface area contributed by atoms with E-state index in [1.807, 2.05) is 12.1 Å². The maximum absolute atomic E-state index is 5.54. The van der Waals surface area contributed by atoms with Gasteiger partial charge in [0, 0.05) is 13.1 Å². The lowest BCUT2D eigenvalue weighted by Gasteiger charge is -2.13. The molecule has 3 heteroatoms. The predicted octanol–water partition coefficient (Wildman–Crippen LogP) is 1.47. The molecule has 1 aromatic rings. The van der Waals surface area contributed by atoms with Gasteiger partial charge in [-0.3, -0.25) is 0 Å². The molecule has 0 aliphatic carbocycles. The molecule has 2 rings (SSSR count). The van der Waals surface area contributed by atoms with Gasteiger partial charge in [-0.05, 0) is 30.0 Å². The first-order chi connectivity index (χ1) is 7.88. The lowest BCUT2D eigenvalue weighted by molar-refractivity contribution is 0.123. The van der Waals surface area contributed by atoms with Crippen LogP contribution in [0.25, 0.3) is 0 Å². The lowest BCUT2D eigenvalue weighted by atomic mass is 10.00. The number of methoxy groups -OCH3 is 1. The highest BCUT2D eigenvalue weighted by atomic mass is 16.5. The third-order valence-corrected chi connectivity index (χ3v) is 2.89. The van der Waals surface area contributed by atoms with E-state index in [9.17, 15) is 0 Å². The van der Waals surface area contributed by atoms with Crippen molar-refractivity contribution in [3.63, 3.8) is 0 Å². The van der Waals surface area contributed by atoms with Crippen LogP contribution in [0.5, 0.6) is 5.75 Å². The molecule has 0 radical (unpaired) electrons. The van der Waals surface area contributed by atoms with Gasteiger partial charge in [-0.1, -0.05) is 12.1 Å². The number of ether oxygens (including phenoxy) is 2. The highest BCUT2D eigenvalue weighted by Crippen LogP contribution is 2.15. The third-order valence-electron chi connectivity index (χ3n) is 2.89. The number of hydrogen-bond donors (Lipinski definition) is 1. The fourth-order valence-electron chi connectivity index (χ4n) is 1.99. The Bertz CT molecular complexity index is 302. The summed E-state index contributed by atoms with van der Waals surface area (Å²) in [6, 6.07) is 8.29. The average molecular weight is 221 g/mol. The van der Waals surface area contributed by atoms with E-state index in [0.29, 0.717) is 5.92 Å². The largest absolute Gasteiger partial charge is 0.497 e. The van der Waals surface area contributed by atoms with E-state index < -0.39 is 0 Å². The average Bonchev–Trinajstić information content (AvgIpc) is 2.59. The zero-order valence-electron chi connectivity index (χ0n) is 9.74. The summed E-state index contributed by atoms with van der Waals surface area (Å²) in [7, 11) is 1.69. The Kier molecular flexibility index (Phi) is 4.19. The van der Waals surface area contributed by atoms with Gasteiger partial charge < -0.3 is 14.8 Å². The minimum Gasteiger partial charge on any atom is -0.497 e. The zero-order chi connectivity index (χ0) is 11.2. The van der Waals surface area contributed by atoms with Crippen molar-refractivity contribution in [1.29, 1.82) is 0 Å². The molecule has 1 heterocycles. The summed E-state index contributed by atoms with van der Waals surface area (Å²) in [5, 5.41) is 3.39. The van der Waals surface area contributed by atoms with Crippen LogP contribution >= 0.6 is 0 Å². The van der Waals surface area contributed by atoms with Gasteiger partial charge in [-0.2, -0.15) is 0 Å². The highest BCUT2D eigenvalue weighted by Gasteiger charge is 2.12. The summed E-state index contributed by atoms with van der Waals surface area (Å²) in [5.41, 5.74) is 1.35. The van der Waals surface area contributed by atoms with Crippen molar-refractivity contribution in [2.24, 2.45) is 5.92 Å². The molecule has 1 aliphatic rings. The molecule has 1 unspecified atom stereocenters. The standard InChI is InChI=1S/C13H19NO2/c1-15-13-4-2-11(3-5-13)8-12-9-14-6-7-16-10-12/h2-5,12,14H,6-10H2,1H3. The van der Waals surface area contributed by atoms with E-state index >= 15 is 0 Å². The van der Waals surface area contributed by atoms with Crippen molar-refractivity contribution in [2.75, 3.05) is 33.4 Å². The minimum absolute atomic E-state index is 0.580. The molecule has 1 aromatic carbocycles. The van der Waals surface area contributed by atoms with Gasteiger partial charge in [-0.25, -0.2) is 0 Å². The molecule has 1 saturated heterocycles. The Morgan fingerprint density at radius 3 is 2.94 bits per heavy atom. The van der Waals surface area contributed by atoms with E-state index in [0.717, 1.165) is 38.5 Å². The van der Waals surface area contributed by atoms with Gasteiger partial charge in [0.1, 0.15) is 5.75 Å². The summed E-state index contributed by atoms with van der Waals surface area (Å²) in [6.07, 6.45) is 1.07. The normalized spacial score (nSPS) is 21.4. The predicted molar refractivity (Wildman–Crippen MR) is 63.9 cm³/mol. The molecule has 0 spiro atoms. The Morgan fingerprint density at radius 2 is 2.19 bits per heavy atom. The summed E-state index contributed by atoms with van der Waals surface area (Å²) < 4.78 is 10.7. The molecule has 3 nitrogen and oxygen atoms in total. The molecule has 1 atom stereocenters. The van der Waals surface area contributed by atoms with Crippen molar-refractivity contribution in [3.8, 4) is 5.75 Å². The number of rotatable bonds is 3. The van der Waals surface area contributed by atoms with E-state index in [2.05, 4.69) is 17.4 Å². The van der Waals surface area contributed by atoms with Crippen LogP contribution in [0, 0.1) is 5.92 Å². The zero-order valence-corrected chi connectivity index (χ0v) is 9.74. The molecule has 0 bridgehead atoms. The minimum atomic E-state index is 0.580. The van der Waals surface area contributed by atoms with Crippen LogP contribution in [0.1, 0.15) is 5.56 Å². The van der Waals surface area contributed by atoms with Crippen LogP contribution in [0.4, 0.5) is 0 Å². The quantitative estimate of drug-likeness (QED) is 0.838. The van der Waals surface area contributed by atoms with E-state index in [4.69, 9.17) is 9.47 Å². The SMILES string of the molecule is COc1ccc(CC2CNCCOC2)cc1. The second kappa shape index (κ2) is 5.87. The van der Waals surface area contributed by atoms with Gasteiger partial charge in [0.15, 0.2) is 0 Å². The topological polar surface area (TPSA) is 30.5 Å². The molecular weight excluding hydrogens is 202 g/mol. The molecule has 0 aromatic heterocycles. The van der Waals surface area contributed by atoms with Crippen molar-refractivity contribution in [2.45, 2.75) is 6.42 Å². The van der Waals surface area contributed by atoms with Gasteiger partial charge in [0.2, 0.25) is 0 Å². The summed E-state index contributed by atoms with van der Waals surface area (Å²) >= 11 is 0. The highest BCUT2D eigenvalue weighted by molar-refractivity contribution is 5.27. The smallest absolute Gasteiger partial charge is 0.118 e. The molecule has 1 N–H and O–H groups in total. The van der Waals surface area contributed by atoms with Crippen LogP contribution in [-0.2, 0) is 11.2 Å². The Morgan fingerprint density at radius 1 is 1.38 bits per heavy atom. The molecule has 88 valence electrons. The maximum Gasteiger partial charge on any atom is 0.118 e. The lowest BCUT2D eigenvalue weighted by Crippen LogP contribution is -2.24. The Balaban J connectivity index is 1.91. The van der Waals surface area contributed by atoms with Crippen LogP contribution in [0.15, 0.2) is 24.3 Å². The number of benzene rings is 1. The van der Waals surface area contributed by atoms with Crippen LogP contribution < -0.4 is 10.1 Å². The van der Waals surface area contributed by atoms with Crippen molar-refractivity contribution >= 4 is 0 Å². The van der Waals surface area contributed by atoms with Crippen molar-refractivity contribution < 1.29 is 9.47 Å². The fraction of sp³-hybridized carbons (Fsp3) is 0.538. The molecule has 16 heavy (non-hydrogen) atoms. The van der Waals surface area contributed by atoms with Crippen LogP contribution in [0.2, 0.25) is 0 Å². The first-order valence-corrected chi connectivity index (χ1v) is 5.80. The van der Waals surface area contributed by atoms with Crippen LogP contribution in [-0.4, -0.2) is 33.4 Å². The van der Waals surface area contributed by atoms with Gasteiger partial charge in [0.05, 0.1) is 20.3 Å². The molecular formula is C13H19NO2. The molecule has 1 fully saturated rings. The molecule has 0 amide bonds. The first-order valence-electron chi connectivity index (χ1n) is 5.80. The van der Waals surface area contributed by atoms with Gasteiger partial charge >= 0.3 is 0 Å². The van der Waals surface area contributed by atoms with Gasteiger partial charge in [0.25, 0.3) is 0 Å². The molecule has 1 aliphatic heterocycles. The maximum atomic E-state index is 5.54. The number of hydrogen-bond acceptors (Lipinski definition) is 3. The second-order valence-electron chi connectivity index (χ2n) is 4.20. The third kappa shape index (κ3) is 3.22. The van der Waals surface area contributed by atoms with Gasteiger partial charge in [-0.15, -0.1) is 0 Å².